The highest BCUT2D eigenvalue weighted by Crippen LogP contribution is 2.31. The number of methoxy groups -OCH3 is 1. The lowest BCUT2D eigenvalue weighted by Crippen LogP contribution is -2.30. The van der Waals surface area contributed by atoms with Crippen molar-refractivity contribution in [1.82, 2.24) is 0 Å². The van der Waals surface area contributed by atoms with Crippen LogP contribution in [0.5, 0.6) is 5.75 Å². The SMILES string of the molecule is COc1cc(Cl)c(C)cc1NC(=O)[C@H](C)OC(=O)c1cccc(NC(N)=O)c1. The first-order chi connectivity index (χ1) is 13.2. The first-order valence-corrected chi connectivity index (χ1v) is 8.61. The average Bonchev–Trinajstić information content (AvgIpc) is 2.64. The fourth-order valence-electron chi connectivity index (χ4n) is 2.31. The summed E-state index contributed by atoms with van der Waals surface area (Å²) in [5.41, 5.74) is 6.70. The van der Waals surface area contributed by atoms with Crippen LogP contribution in [-0.2, 0) is 9.53 Å². The van der Waals surface area contributed by atoms with Crippen LogP contribution in [0.1, 0.15) is 22.8 Å². The highest BCUT2D eigenvalue weighted by molar-refractivity contribution is 6.31. The molecule has 0 aliphatic carbocycles. The topological polar surface area (TPSA) is 120 Å². The molecule has 4 N–H and O–H groups in total. The number of rotatable bonds is 6. The van der Waals surface area contributed by atoms with Crippen LogP contribution >= 0.6 is 11.6 Å². The van der Waals surface area contributed by atoms with Gasteiger partial charge in [-0.2, -0.15) is 0 Å². The maximum absolute atomic E-state index is 12.4. The van der Waals surface area contributed by atoms with Gasteiger partial charge in [-0.15, -0.1) is 0 Å². The van der Waals surface area contributed by atoms with Crippen molar-refractivity contribution in [2.75, 3.05) is 17.7 Å². The summed E-state index contributed by atoms with van der Waals surface area (Å²) in [7, 11) is 1.45. The van der Waals surface area contributed by atoms with E-state index in [9.17, 15) is 14.4 Å². The smallest absolute Gasteiger partial charge is 0.338 e. The molecule has 0 radical (unpaired) electrons. The Morgan fingerprint density at radius 1 is 1.14 bits per heavy atom. The van der Waals surface area contributed by atoms with Crippen LogP contribution in [-0.4, -0.2) is 31.1 Å². The Kier molecular flexibility index (Phi) is 6.84. The summed E-state index contributed by atoms with van der Waals surface area (Å²) < 4.78 is 10.4. The number of amides is 3. The number of hydrogen-bond acceptors (Lipinski definition) is 5. The predicted octanol–water partition coefficient (Wildman–Crippen LogP) is 3.33. The molecule has 8 nitrogen and oxygen atoms in total. The van der Waals surface area contributed by atoms with Gasteiger partial charge >= 0.3 is 12.0 Å². The Morgan fingerprint density at radius 2 is 1.86 bits per heavy atom. The van der Waals surface area contributed by atoms with E-state index in [0.29, 0.717) is 22.1 Å². The van der Waals surface area contributed by atoms with Gasteiger partial charge in [-0.3, -0.25) is 4.79 Å². The normalized spacial score (nSPS) is 11.3. The first kappa shape index (κ1) is 21.0. The number of anilines is 2. The number of aryl methyl sites for hydroxylation is 1. The summed E-state index contributed by atoms with van der Waals surface area (Å²) in [4.78, 5) is 35.6. The average molecular weight is 406 g/mol. The number of nitrogens with one attached hydrogen (secondary N) is 2. The molecule has 9 heteroatoms. The number of benzene rings is 2. The van der Waals surface area contributed by atoms with Gasteiger partial charge in [0.2, 0.25) is 0 Å². The van der Waals surface area contributed by atoms with E-state index in [1.807, 2.05) is 0 Å². The summed E-state index contributed by atoms with van der Waals surface area (Å²) in [6, 6.07) is 8.48. The quantitative estimate of drug-likeness (QED) is 0.636. The van der Waals surface area contributed by atoms with Crippen molar-refractivity contribution >= 4 is 40.9 Å². The lowest BCUT2D eigenvalue weighted by atomic mass is 10.2. The highest BCUT2D eigenvalue weighted by Gasteiger charge is 2.21. The second-order valence-electron chi connectivity index (χ2n) is 5.91. The van der Waals surface area contributed by atoms with Gasteiger partial charge in [-0.05, 0) is 43.7 Å². The summed E-state index contributed by atoms with van der Waals surface area (Å²) in [6.07, 6.45) is -1.08. The number of esters is 1. The zero-order chi connectivity index (χ0) is 20.8. The van der Waals surface area contributed by atoms with E-state index >= 15 is 0 Å². The number of urea groups is 1. The number of nitrogens with two attached hydrogens (primary N) is 1. The summed E-state index contributed by atoms with van der Waals surface area (Å²) in [6.45, 7) is 3.22. The van der Waals surface area contributed by atoms with E-state index in [0.717, 1.165) is 5.56 Å². The van der Waals surface area contributed by atoms with Crippen LogP contribution < -0.4 is 21.1 Å². The molecule has 0 aliphatic heterocycles. The van der Waals surface area contributed by atoms with Crippen molar-refractivity contribution < 1.29 is 23.9 Å². The van der Waals surface area contributed by atoms with Crippen molar-refractivity contribution in [1.29, 1.82) is 0 Å². The third kappa shape index (κ3) is 5.37. The second kappa shape index (κ2) is 9.09. The molecule has 148 valence electrons. The predicted molar refractivity (Wildman–Crippen MR) is 106 cm³/mol. The number of primary amides is 1. The third-order valence-electron chi connectivity index (χ3n) is 3.76. The Balaban J connectivity index is 2.07. The fraction of sp³-hybridized carbons (Fsp3) is 0.211. The van der Waals surface area contributed by atoms with Crippen molar-refractivity contribution in [3.8, 4) is 5.75 Å². The Labute approximate surface area is 166 Å². The molecule has 0 aromatic heterocycles. The van der Waals surface area contributed by atoms with Gasteiger partial charge in [-0.1, -0.05) is 17.7 Å². The highest BCUT2D eigenvalue weighted by atomic mass is 35.5. The Morgan fingerprint density at radius 3 is 2.50 bits per heavy atom. The van der Waals surface area contributed by atoms with Crippen molar-refractivity contribution in [2.24, 2.45) is 5.73 Å². The third-order valence-corrected chi connectivity index (χ3v) is 4.16. The van der Waals surface area contributed by atoms with Gasteiger partial charge in [0.25, 0.3) is 5.91 Å². The van der Waals surface area contributed by atoms with E-state index in [4.69, 9.17) is 26.8 Å². The van der Waals surface area contributed by atoms with E-state index in [1.165, 1.54) is 26.2 Å². The van der Waals surface area contributed by atoms with Crippen LogP contribution in [0.15, 0.2) is 36.4 Å². The van der Waals surface area contributed by atoms with E-state index in [1.54, 1.807) is 31.2 Å². The summed E-state index contributed by atoms with van der Waals surface area (Å²) >= 11 is 6.05. The number of carbonyl (C=O) groups is 3. The molecule has 2 aromatic rings. The van der Waals surface area contributed by atoms with Gasteiger partial charge in [0, 0.05) is 16.8 Å². The maximum atomic E-state index is 12.4. The number of ether oxygens (including phenoxy) is 2. The number of hydrogen-bond donors (Lipinski definition) is 3. The number of carbonyl (C=O) groups excluding carboxylic acids is 3. The van der Waals surface area contributed by atoms with E-state index in [-0.39, 0.29) is 5.56 Å². The molecule has 3 amide bonds. The molecule has 0 spiro atoms. The van der Waals surface area contributed by atoms with Crippen LogP contribution in [0.25, 0.3) is 0 Å². The van der Waals surface area contributed by atoms with E-state index in [2.05, 4.69) is 10.6 Å². The molecule has 2 rings (SSSR count). The van der Waals surface area contributed by atoms with Crippen molar-refractivity contribution in [2.45, 2.75) is 20.0 Å². The summed E-state index contributed by atoms with van der Waals surface area (Å²) in [5, 5.41) is 5.51. The Hall–Kier alpha value is -3.26. The minimum atomic E-state index is -1.08. The molecule has 0 saturated carbocycles. The monoisotopic (exact) mass is 405 g/mol. The number of halogens is 1. The molecule has 0 unspecified atom stereocenters. The second-order valence-corrected chi connectivity index (χ2v) is 6.32. The van der Waals surface area contributed by atoms with Crippen molar-refractivity contribution in [3.05, 3.63) is 52.5 Å². The standard InChI is InChI=1S/C19H20ClN3O5/c1-10-7-15(16(27-3)9-14(10)20)23-17(24)11(2)28-18(25)12-5-4-6-13(8-12)22-19(21)26/h4-9,11H,1-3H3,(H,23,24)(H3,21,22,26)/t11-/m0/s1. The van der Waals surface area contributed by atoms with Gasteiger partial charge in [0.15, 0.2) is 6.10 Å². The zero-order valence-corrected chi connectivity index (χ0v) is 16.3. The van der Waals surface area contributed by atoms with Gasteiger partial charge in [0.05, 0.1) is 18.4 Å². The fourth-order valence-corrected chi connectivity index (χ4v) is 2.47. The molecule has 28 heavy (non-hydrogen) atoms. The van der Waals surface area contributed by atoms with Gasteiger partial charge in [0.1, 0.15) is 5.75 Å². The van der Waals surface area contributed by atoms with Gasteiger partial charge in [-0.25, -0.2) is 9.59 Å². The molecular weight excluding hydrogens is 386 g/mol. The molecule has 1 atom stereocenters. The lowest BCUT2D eigenvalue weighted by molar-refractivity contribution is -0.123. The molecule has 0 aliphatic rings. The molecule has 0 bridgehead atoms. The minimum absolute atomic E-state index is 0.158. The summed E-state index contributed by atoms with van der Waals surface area (Å²) in [5.74, 6) is -0.887. The van der Waals surface area contributed by atoms with Crippen LogP contribution in [0.2, 0.25) is 5.02 Å². The first-order valence-electron chi connectivity index (χ1n) is 8.23. The minimum Gasteiger partial charge on any atom is -0.495 e. The molecule has 0 saturated heterocycles. The van der Waals surface area contributed by atoms with Crippen LogP contribution in [0.4, 0.5) is 16.2 Å². The maximum Gasteiger partial charge on any atom is 0.338 e. The Bertz CT molecular complexity index is 916. The lowest BCUT2D eigenvalue weighted by Gasteiger charge is -2.16. The molecular formula is C19H20ClN3O5. The molecule has 2 aromatic carbocycles. The van der Waals surface area contributed by atoms with E-state index < -0.39 is 24.0 Å². The largest absolute Gasteiger partial charge is 0.495 e. The van der Waals surface area contributed by atoms with Gasteiger partial charge < -0.3 is 25.8 Å². The molecule has 0 heterocycles. The van der Waals surface area contributed by atoms with Crippen molar-refractivity contribution in [3.63, 3.8) is 0 Å². The van der Waals surface area contributed by atoms with Crippen LogP contribution in [0, 0.1) is 6.92 Å². The van der Waals surface area contributed by atoms with Crippen LogP contribution in [0.3, 0.4) is 0 Å². The molecule has 0 fully saturated rings. The zero-order valence-electron chi connectivity index (χ0n) is 15.5.